The first-order valence-electron chi connectivity index (χ1n) is 7.31. The van der Waals surface area contributed by atoms with E-state index in [2.05, 4.69) is 5.32 Å². The number of rotatable bonds is 5. The van der Waals surface area contributed by atoms with Crippen molar-refractivity contribution in [3.63, 3.8) is 0 Å². The number of benzene rings is 1. The zero-order valence-electron chi connectivity index (χ0n) is 12.5. The number of carbonyl (C=O) groups is 2. The van der Waals surface area contributed by atoms with Crippen molar-refractivity contribution >= 4 is 17.5 Å². The van der Waals surface area contributed by atoms with E-state index < -0.39 is 6.04 Å². The van der Waals surface area contributed by atoms with Crippen LogP contribution in [0.3, 0.4) is 0 Å². The second kappa shape index (κ2) is 6.72. The Kier molecular flexibility index (Phi) is 4.96. The summed E-state index contributed by atoms with van der Waals surface area (Å²) in [5.41, 5.74) is 1.85. The Morgan fingerprint density at radius 1 is 1.43 bits per heavy atom. The van der Waals surface area contributed by atoms with Crippen molar-refractivity contribution in [1.82, 2.24) is 5.32 Å². The number of hydrogen-bond acceptors (Lipinski definition) is 3. The number of aliphatic hydroxyl groups is 1. The molecule has 2 amide bonds. The van der Waals surface area contributed by atoms with Gasteiger partial charge in [-0.2, -0.15) is 0 Å². The molecule has 21 heavy (non-hydrogen) atoms. The van der Waals surface area contributed by atoms with Crippen LogP contribution in [-0.4, -0.2) is 36.1 Å². The number of para-hydroxylation sites is 1. The van der Waals surface area contributed by atoms with Crippen LogP contribution in [-0.2, 0) is 16.0 Å². The Labute approximate surface area is 125 Å². The minimum absolute atomic E-state index is 0.117. The van der Waals surface area contributed by atoms with Crippen molar-refractivity contribution in [2.45, 2.75) is 32.7 Å². The molecule has 2 rings (SSSR count). The maximum absolute atomic E-state index is 12.4. The van der Waals surface area contributed by atoms with Gasteiger partial charge in [0.15, 0.2) is 0 Å². The molecule has 0 saturated carbocycles. The van der Waals surface area contributed by atoms with E-state index in [-0.39, 0.29) is 24.3 Å². The molecule has 1 aliphatic heterocycles. The van der Waals surface area contributed by atoms with Crippen molar-refractivity contribution in [2.24, 2.45) is 5.92 Å². The fourth-order valence-electron chi connectivity index (χ4n) is 2.70. The first kappa shape index (κ1) is 15.5. The van der Waals surface area contributed by atoms with Crippen LogP contribution in [0.25, 0.3) is 0 Å². The number of nitrogens with zero attached hydrogens (tertiary/aromatic N) is 1. The van der Waals surface area contributed by atoms with Gasteiger partial charge in [0.25, 0.3) is 0 Å². The zero-order chi connectivity index (χ0) is 15.4. The Morgan fingerprint density at radius 3 is 2.81 bits per heavy atom. The summed E-state index contributed by atoms with van der Waals surface area (Å²) in [7, 11) is 0. The van der Waals surface area contributed by atoms with Gasteiger partial charge in [0, 0.05) is 32.2 Å². The van der Waals surface area contributed by atoms with E-state index in [1.165, 1.54) is 6.92 Å². The molecule has 1 aromatic rings. The van der Waals surface area contributed by atoms with E-state index in [1.54, 1.807) is 4.90 Å². The molecule has 1 unspecified atom stereocenters. The van der Waals surface area contributed by atoms with Gasteiger partial charge in [-0.15, -0.1) is 0 Å². The van der Waals surface area contributed by atoms with Crippen molar-refractivity contribution in [3.8, 4) is 0 Å². The Balaban J connectivity index is 2.06. The highest BCUT2D eigenvalue weighted by atomic mass is 16.3. The topological polar surface area (TPSA) is 69.6 Å². The normalized spacial score (nSPS) is 18.2. The summed E-state index contributed by atoms with van der Waals surface area (Å²) < 4.78 is 0. The van der Waals surface area contributed by atoms with E-state index in [4.69, 9.17) is 5.11 Å². The quantitative estimate of drug-likeness (QED) is 0.853. The molecule has 0 saturated heterocycles. The van der Waals surface area contributed by atoms with Crippen LogP contribution in [0.4, 0.5) is 5.69 Å². The van der Waals surface area contributed by atoms with Crippen molar-refractivity contribution < 1.29 is 14.7 Å². The molecule has 2 N–H and O–H groups in total. The number of hydrogen-bond donors (Lipinski definition) is 2. The number of amides is 2. The molecule has 5 nitrogen and oxygen atoms in total. The zero-order valence-corrected chi connectivity index (χ0v) is 12.5. The second-order valence-electron chi connectivity index (χ2n) is 5.60. The molecule has 0 aromatic heterocycles. The van der Waals surface area contributed by atoms with Crippen LogP contribution >= 0.6 is 0 Å². The van der Waals surface area contributed by atoms with Crippen LogP contribution in [0, 0.1) is 5.92 Å². The van der Waals surface area contributed by atoms with Gasteiger partial charge in [0.1, 0.15) is 6.04 Å². The largest absolute Gasteiger partial charge is 0.396 e. The average Bonchev–Trinajstić information content (AvgIpc) is 2.84. The van der Waals surface area contributed by atoms with E-state index in [0.29, 0.717) is 19.4 Å². The number of fused-ring (bicyclic) bond motifs is 1. The first-order valence-corrected chi connectivity index (χ1v) is 7.31. The van der Waals surface area contributed by atoms with Crippen molar-refractivity contribution in [1.29, 1.82) is 0 Å². The Morgan fingerprint density at radius 2 is 2.14 bits per heavy atom. The van der Waals surface area contributed by atoms with Crippen LogP contribution < -0.4 is 10.2 Å². The van der Waals surface area contributed by atoms with Gasteiger partial charge in [-0.1, -0.05) is 25.1 Å². The summed E-state index contributed by atoms with van der Waals surface area (Å²) in [5, 5.41) is 11.8. The predicted molar refractivity (Wildman–Crippen MR) is 81.0 cm³/mol. The van der Waals surface area contributed by atoms with Crippen LogP contribution in [0.1, 0.15) is 25.8 Å². The predicted octanol–water partition coefficient (Wildman–Crippen LogP) is 1.10. The molecule has 1 aromatic carbocycles. The lowest BCUT2D eigenvalue weighted by atomic mass is 10.1. The third-order valence-electron chi connectivity index (χ3n) is 3.86. The van der Waals surface area contributed by atoms with Crippen molar-refractivity contribution in [2.75, 3.05) is 18.1 Å². The van der Waals surface area contributed by atoms with Crippen LogP contribution in [0.15, 0.2) is 24.3 Å². The van der Waals surface area contributed by atoms with Gasteiger partial charge in [-0.3, -0.25) is 14.5 Å². The monoisotopic (exact) mass is 290 g/mol. The summed E-state index contributed by atoms with van der Waals surface area (Å²) >= 11 is 0. The van der Waals surface area contributed by atoms with E-state index >= 15 is 0 Å². The third-order valence-corrected chi connectivity index (χ3v) is 3.86. The van der Waals surface area contributed by atoms with Gasteiger partial charge in [0.05, 0.1) is 0 Å². The fraction of sp³-hybridized carbons (Fsp3) is 0.500. The molecule has 5 heteroatoms. The SMILES string of the molecule is CC(=O)N1c2ccccc2C[C@H]1C(=O)NCC(C)CCO. The average molecular weight is 290 g/mol. The van der Waals surface area contributed by atoms with Gasteiger partial charge < -0.3 is 10.4 Å². The molecule has 1 aliphatic rings. The van der Waals surface area contributed by atoms with Gasteiger partial charge in [0.2, 0.25) is 11.8 Å². The Hall–Kier alpha value is -1.88. The molecular weight excluding hydrogens is 268 g/mol. The molecule has 1 heterocycles. The highest BCUT2D eigenvalue weighted by molar-refractivity contribution is 6.02. The molecule has 0 radical (unpaired) electrons. The minimum Gasteiger partial charge on any atom is -0.396 e. The highest BCUT2D eigenvalue weighted by Gasteiger charge is 2.36. The molecule has 2 atom stereocenters. The molecule has 0 aliphatic carbocycles. The smallest absolute Gasteiger partial charge is 0.243 e. The number of aliphatic hydroxyl groups excluding tert-OH is 1. The lowest BCUT2D eigenvalue weighted by Crippen LogP contribution is -2.48. The van der Waals surface area contributed by atoms with E-state index in [0.717, 1.165) is 11.3 Å². The van der Waals surface area contributed by atoms with Gasteiger partial charge in [-0.25, -0.2) is 0 Å². The molecule has 0 bridgehead atoms. The molecule has 0 spiro atoms. The minimum atomic E-state index is -0.471. The molecule has 114 valence electrons. The summed E-state index contributed by atoms with van der Waals surface area (Å²) in [6, 6.07) is 7.14. The van der Waals surface area contributed by atoms with Crippen LogP contribution in [0.5, 0.6) is 0 Å². The van der Waals surface area contributed by atoms with E-state index in [1.807, 2.05) is 31.2 Å². The fourth-order valence-corrected chi connectivity index (χ4v) is 2.70. The second-order valence-corrected chi connectivity index (χ2v) is 5.60. The lowest BCUT2D eigenvalue weighted by Gasteiger charge is -2.24. The lowest BCUT2D eigenvalue weighted by molar-refractivity contribution is -0.125. The van der Waals surface area contributed by atoms with Crippen LogP contribution in [0.2, 0.25) is 0 Å². The van der Waals surface area contributed by atoms with E-state index in [9.17, 15) is 9.59 Å². The third kappa shape index (κ3) is 3.42. The first-order chi connectivity index (χ1) is 10.0. The maximum Gasteiger partial charge on any atom is 0.243 e. The summed E-state index contributed by atoms with van der Waals surface area (Å²) in [6.45, 7) is 4.09. The van der Waals surface area contributed by atoms with Crippen molar-refractivity contribution in [3.05, 3.63) is 29.8 Å². The number of nitrogens with one attached hydrogen (secondary N) is 1. The summed E-state index contributed by atoms with van der Waals surface area (Å²) in [5.74, 6) is -0.0387. The van der Waals surface area contributed by atoms with Gasteiger partial charge >= 0.3 is 0 Å². The molecular formula is C16H22N2O3. The molecule has 0 fully saturated rings. The summed E-state index contributed by atoms with van der Waals surface area (Å²) in [4.78, 5) is 25.8. The Bertz CT molecular complexity index is 530. The highest BCUT2D eigenvalue weighted by Crippen LogP contribution is 2.32. The maximum atomic E-state index is 12.4. The standard InChI is InChI=1S/C16H22N2O3/c1-11(7-8-19)10-17-16(21)15-9-13-5-3-4-6-14(13)18(15)12(2)20/h3-6,11,15,19H,7-10H2,1-2H3,(H,17,21)/t11?,15-/m0/s1. The summed E-state index contributed by atoms with van der Waals surface area (Å²) in [6.07, 6.45) is 1.21. The number of carbonyl (C=O) groups excluding carboxylic acids is 2. The number of anilines is 1. The van der Waals surface area contributed by atoms with Gasteiger partial charge in [-0.05, 0) is 24.0 Å².